The van der Waals surface area contributed by atoms with Crippen molar-refractivity contribution < 1.29 is 14.7 Å². The van der Waals surface area contributed by atoms with E-state index in [0.29, 0.717) is 24.1 Å². The minimum absolute atomic E-state index is 0.166. The van der Waals surface area contributed by atoms with E-state index < -0.39 is 6.61 Å². The Morgan fingerprint density at radius 1 is 1.03 bits per heavy atom. The summed E-state index contributed by atoms with van der Waals surface area (Å²) in [6.45, 7) is 11.7. The Hall–Kier alpha value is -1.92. The number of benzene rings is 1. The normalized spacial score (nSPS) is 12.3. The van der Waals surface area contributed by atoms with Gasteiger partial charge in [0.1, 0.15) is 6.61 Å². The van der Waals surface area contributed by atoms with Crippen LogP contribution in [-0.4, -0.2) is 65.5 Å². The predicted molar refractivity (Wildman–Crippen MR) is 132 cm³/mol. The van der Waals surface area contributed by atoms with E-state index in [1.165, 1.54) is 0 Å². The highest BCUT2D eigenvalue weighted by molar-refractivity contribution is 5.92. The fourth-order valence-corrected chi connectivity index (χ4v) is 4.36. The minimum atomic E-state index is -0.416. The zero-order valence-electron chi connectivity index (χ0n) is 20.7. The molecule has 1 atom stereocenters. The smallest absolute Gasteiger partial charge is 0.248 e. The molecule has 0 saturated carbocycles. The molecular weight excluding hydrogens is 402 g/mol. The minimum Gasteiger partial charge on any atom is -0.387 e. The Bertz CT molecular complexity index is 676. The molecule has 0 heterocycles. The fourth-order valence-electron chi connectivity index (χ4n) is 4.36. The molecule has 0 saturated heterocycles. The number of aliphatic hydroxyl groups is 1. The molecule has 182 valence electrons. The number of aliphatic hydroxyl groups excluding tert-OH is 1. The van der Waals surface area contributed by atoms with Crippen LogP contribution in [0.3, 0.4) is 0 Å². The number of hydrogen-bond acceptors (Lipinski definition) is 4. The molecule has 0 aliphatic rings. The quantitative estimate of drug-likeness (QED) is 0.380. The first-order chi connectivity index (χ1) is 15.4. The summed E-state index contributed by atoms with van der Waals surface area (Å²) in [4.78, 5) is 28.1. The molecule has 1 rings (SSSR count). The first-order valence-electron chi connectivity index (χ1n) is 12.4. The van der Waals surface area contributed by atoms with Gasteiger partial charge in [-0.25, -0.2) is 0 Å². The number of rotatable bonds is 17. The number of nitrogens with two attached hydrogens (primary N) is 1. The lowest BCUT2D eigenvalue weighted by Gasteiger charge is -2.32. The van der Waals surface area contributed by atoms with Gasteiger partial charge in [0.2, 0.25) is 11.8 Å². The molecule has 0 aromatic heterocycles. The van der Waals surface area contributed by atoms with Crippen molar-refractivity contribution in [3.05, 3.63) is 35.4 Å². The van der Waals surface area contributed by atoms with Crippen LogP contribution >= 0.6 is 0 Å². The molecular formula is C26H45N3O3. The number of carbonyl (C=O) groups excluding carboxylic acids is 2. The Morgan fingerprint density at radius 2 is 1.75 bits per heavy atom. The maximum atomic E-state index is 12.2. The van der Waals surface area contributed by atoms with E-state index in [1.54, 1.807) is 6.07 Å². The summed E-state index contributed by atoms with van der Waals surface area (Å²) in [5.74, 6) is -0.0704. The highest BCUT2D eigenvalue weighted by atomic mass is 16.3. The first kappa shape index (κ1) is 28.1. The Labute approximate surface area is 195 Å². The van der Waals surface area contributed by atoms with Crippen LogP contribution in [0.4, 0.5) is 0 Å². The Kier molecular flexibility index (Phi) is 13.9. The van der Waals surface area contributed by atoms with Gasteiger partial charge in [0.15, 0.2) is 0 Å². The largest absolute Gasteiger partial charge is 0.387 e. The van der Waals surface area contributed by atoms with Crippen LogP contribution in [0, 0.1) is 5.92 Å². The van der Waals surface area contributed by atoms with Gasteiger partial charge < -0.3 is 20.6 Å². The molecule has 1 aromatic carbocycles. The Balaban J connectivity index is 2.70. The van der Waals surface area contributed by atoms with E-state index in [-0.39, 0.29) is 11.8 Å². The lowest BCUT2D eigenvalue weighted by atomic mass is 10.00. The SMILES string of the molecule is CCCN(CCCN(CC(CC)CC)C(=O)CO)[C@H](CC)CCc1cccc(C(N)=O)c1. The maximum Gasteiger partial charge on any atom is 0.248 e. The summed E-state index contributed by atoms with van der Waals surface area (Å²) >= 11 is 0. The van der Waals surface area contributed by atoms with Crippen LogP contribution in [0.2, 0.25) is 0 Å². The third-order valence-electron chi connectivity index (χ3n) is 6.47. The summed E-state index contributed by atoms with van der Waals surface area (Å²) in [6.07, 6.45) is 7.06. The van der Waals surface area contributed by atoms with Gasteiger partial charge in [-0.05, 0) is 62.3 Å². The van der Waals surface area contributed by atoms with Crippen molar-refractivity contribution in [3.63, 3.8) is 0 Å². The molecule has 0 unspecified atom stereocenters. The molecule has 0 aliphatic heterocycles. The maximum absolute atomic E-state index is 12.2. The second kappa shape index (κ2) is 15.8. The lowest BCUT2D eigenvalue weighted by Crippen LogP contribution is -2.41. The molecule has 3 N–H and O–H groups in total. The molecule has 1 aromatic rings. The number of primary amides is 1. The summed E-state index contributed by atoms with van der Waals surface area (Å²) in [7, 11) is 0. The third kappa shape index (κ3) is 9.70. The van der Waals surface area contributed by atoms with E-state index in [9.17, 15) is 14.7 Å². The molecule has 6 heteroatoms. The number of amides is 2. The van der Waals surface area contributed by atoms with Crippen molar-refractivity contribution in [1.29, 1.82) is 0 Å². The topological polar surface area (TPSA) is 86.9 Å². The standard InChI is InChI=1S/C26H45N3O3/c1-5-15-28(16-10-17-29(25(31)20-30)19-21(6-2)7-3)24(8-4)14-13-22-11-9-12-23(18-22)26(27)32/h9,11-12,18,21,24,30H,5-8,10,13-17,19-20H2,1-4H3,(H2,27,32)/t24-/m1/s1. The summed E-state index contributed by atoms with van der Waals surface area (Å²) in [5.41, 5.74) is 7.12. The van der Waals surface area contributed by atoms with Crippen molar-refractivity contribution in [2.75, 3.05) is 32.8 Å². The Morgan fingerprint density at radius 3 is 2.31 bits per heavy atom. The van der Waals surface area contributed by atoms with E-state index in [4.69, 9.17) is 5.73 Å². The monoisotopic (exact) mass is 447 g/mol. The first-order valence-corrected chi connectivity index (χ1v) is 12.4. The van der Waals surface area contributed by atoms with Crippen molar-refractivity contribution in [2.24, 2.45) is 11.7 Å². The second-order valence-corrected chi connectivity index (χ2v) is 8.74. The molecule has 0 bridgehead atoms. The van der Waals surface area contributed by atoms with Gasteiger partial charge in [0, 0.05) is 31.2 Å². The van der Waals surface area contributed by atoms with E-state index in [2.05, 4.69) is 38.7 Å². The van der Waals surface area contributed by atoms with Crippen molar-refractivity contribution in [2.45, 2.75) is 78.7 Å². The number of aryl methyl sites for hydroxylation is 1. The van der Waals surface area contributed by atoms with Crippen molar-refractivity contribution in [3.8, 4) is 0 Å². The molecule has 0 fully saturated rings. The van der Waals surface area contributed by atoms with Gasteiger partial charge >= 0.3 is 0 Å². The number of carbonyl (C=O) groups is 2. The van der Waals surface area contributed by atoms with Crippen LogP contribution in [0.25, 0.3) is 0 Å². The van der Waals surface area contributed by atoms with Gasteiger partial charge in [-0.2, -0.15) is 0 Å². The predicted octanol–water partition coefficient (Wildman–Crippen LogP) is 3.86. The van der Waals surface area contributed by atoms with Gasteiger partial charge in [-0.15, -0.1) is 0 Å². The average molecular weight is 448 g/mol. The van der Waals surface area contributed by atoms with Crippen LogP contribution < -0.4 is 5.73 Å². The van der Waals surface area contributed by atoms with Crippen LogP contribution in [-0.2, 0) is 11.2 Å². The fraction of sp³-hybridized carbons (Fsp3) is 0.692. The molecule has 32 heavy (non-hydrogen) atoms. The van der Waals surface area contributed by atoms with Crippen molar-refractivity contribution in [1.82, 2.24) is 9.80 Å². The molecule has 0 radical (unpaired) electrons. The van der Waals surface area contributed by atoms with Gasteiger partial charge in [0.25, 0.3) is 0 Å². The zero-order valence-corrected chi connectivity index (χ0v) is 20.7. The number of nitrogens with zero attached hydrogens (tertiary/aromatic N) is 2. The van der Waals surface area contributed by atoms with Crippen LogP contribution in [0.15, 0.2) is 24.3 Å². The third-order valence-corrected chi connectivity index (χ3v) is 6.47. The van der Waals surface area contributed by atoms with Gasteiger partial charge in [-0.3, -0.25) is 9.59 Å². The van der Waals surface area contributed by atoms with E-state index >= 15 is 0 Å². The molecule has 2 amide bonds. The van der Waals surface area contributed by atoms with Crippen molar-refractivity contribution >= 4 is 11.8 Å². The second-order valence-electron chi connectivity index (χ2n) is 8.74. The summed E-state index contributed by atoms with van der Waals surface area (Å²) < 4.78 is 0. The van der Waals surface area contributed by atoms with E-state index in [0.717, 1.165) is 70.1 Å². The van der Waals surface area contributed by atoms with Crippen LogP contribution in [0.1, 0.15) is 82.1 Å². The molecule has 0 aliphatic carbocycles. The highest BCUT2D eigenvalue weighted by Gasteiger charge is 2.19. The average Bonchev–Trinajstić information content (AvgIpc) is 2.81. The molecule has 0 spiro atoms. The number of hydrogen-bond donors (Lipinski definition) is 2. The van der Waals surface area contributed by atoms with Crippen LogP contribution in [0.5, 0.6) is 0 Å². The molecule has 6 nitrogen and oxygen atoms in total. The highest BCUT2D eigenvalue weighted by Crippen LogP contribution is 2.16. The van der Waals surface area contributed by atoms with E-state index in [1.807, 2.05) is 17.0 Å². The summed E-state index contributed by atoms with van der Waals surface area (Å²) in [6, 6.07) is 8.06. The van der Waals surface area contributed by atoms with Gasteiger partial charge in [0.05, 0.1) is 0 Å². The zero-order chi connectivity index (χ0) is 23.9. The van der Waals surface area contributed by atoms with Gasteiger partial charge in [-0.1, -0.05) is 52.7 Å². The lowest BCUT2D eigenvalue weighted by molar-refractivity contribution is -0.135. The summed E-state index contributed by atoms with van der Waals surface area (Å²) in [5, 5.41) is 9.38.